The van der Waals surface area contributed by atoms with Gasteiger partial charge in [-0.15, -0.1) is 0 Å². The summed E-state index contributed by atoms with van der Waals surface area (Å²) in [6, 6.07) is 6.36. The van der Waals surface area contributed by atoms with Crippen molar-refractivity contribution in [2.24, 2.45) is 5.73 Å². The van der Waals surface area contributed by atoms with Crippen molar-refractivity contribution in [3.8, 4) is 11.4 Å². The summed E-state index contributed by atoms with van der Waals surface area (Å²) in [6.07, 6.45) is -0.742. The predicted molar refractivity (Wildman–Crippen MR) is 63.4 cm³/mol. The van der Waals surface area contributed by atoms with Gasteiger partial charge in [-0.2, -0.15) is 4.98 Å². The highest BCUT2D eigenvalue weighted by molar-refractivity contribution is 6.30. The minimum Gasteiger partial charge on any atom is -0.391 e. The van der Waals surface area contributed by atoms with Crippen molar-refractivity contribution in [3.63, 3.8) is 0 Å². The van der Waals surface area contributed by atoms with Gasteiger partial charge in [-0.3, -0.25) is 0 Å². The van der Waals surface area contributed by atoms with Crippen LogP contribution in [0, 0.1) is 0 Å². The molecule has 0 aliphatic carbocycles. The van der Waals surface area contributed by atoms with Crippen LogP contribution in [0.15, 0.2) is 28.8 Å². The van der Waals surface area contributed by atoms with Gasteiger partial charge in [0.05, 0.1) is 6.10 Å². The molecule has 0 fully saturated rings. The summed E-state index contributed by atoms with van der Waals surface area (Å²) < 4.78 is 4.99. The maximum absolute atomic E-state index is 9.32. The van der Waals surface area contributed by atoms with E-state index in [9.17, 15) is 5.11 Å². The van der Waals surface area contributed by atoms with Crippen molar-refractivity contribution in [2.75, 3.05) is 0 Å². The molecule has 17 heavy (non-hydrogen) atoms. The van der Waals surface area contributed by atoms with Crippen LogP contribution in [0.25, 0.3) is 11.4 Å². The van der Waals surface area contributed by atoms with Crippen molar-refractivity contribution in [2.45, 2.75) is 19.1 Å². The highest BCUT2D eigenvalue weighted by Crippen LogP contribution is 2.20. The number of nitrogens with zero attached hydrogens (tertiary/aromatic N) is 2. The molecule has 0 bridgehead atoms. The van der Waals surface area contributed by atoms with Gasteiger partial charge in [-0.05, 0) is 31.2 Å². The smallest absolute Gasteiger partial charge is 0.246 e. The highest BCUT2D eigenvalue weighted by Gasteiger charge is 2.19. The second kappa shape index (κ2) is 4.83. The first-order chi connectivity index (χ1) is 8.08. The first-order valence-corrected chi connectivity index (χ1v) is 5.49. The predicted octanol–water partition coefficient (Wildman–Crippen LogP) is 1.77. The third-order valence-electron chi connectivity index (χ3n) is 2.35. The van der Waals surface area contributed by atoms with Gasteiger partial charge in [0.1, 0.15) is 6.04 Å². The van der Waals surface area contributed by atoms with Gasteiger partial charge >= 0.3 is 0 Å². The molecule has 0 saturated carbocycles. The molecule has 3 N–H and O–H groups in total. The van der Waals surface area contributed by atoms with Crippen molar-refractivity contribution < 1.29 is 9.63 Å². The van der Waals surface area contributed by atoms with Gasteiger partial charge < -0.3 is 15.4 Å². The number of aliphatic hydroxyl groups is 1. The average molecular weight is 254 g/mol. The van der Waals surface area contributed by atoms with E-state index in [-0.39, 0.29) is 5.89 Å². The van der Waals surface area contributed by atoms with Crippen LogP contribution in [0.4, 0.5) is 0 Å². The molecule has 1 aromatic heterocycles. The summed E-state index contributed by atoms with van der Waals surface area (Å²) in [5, 5.41) is 13.8. The number of nitrogens with two attached hydrogens (primary N) is 1. The molecule has 2 rings (SSSR count). The highest BCUT2D eigenvalue weighted by atomic mass is 35.5. The number of halogens is 1. The van der Waals surface area contributed by atoms with E-state index >= 15 is 0 Å². The summed E-state index contributed by atoms with van der Waals surface area (Å²) in [5.74, 6) is 0.637. The summed E-state index contributed by atoms with van der Waals surface area (Å²) in [7, 11) is 0. The Balaban J connectivity index is 2.26. The fourth-order valence-corrected chi connectivity index (χ4v) is 1.42. The van der Waals surface area contributed by atoms with Crippen molar-refractivity contribution in [3.05, 3.63) is 35.2 Å². The SMILES string of the molecule is C[C@@H](O)[C@H](N)c1nc(-c2ccc(Cl)cc2)no1. The molecule has 2 atom stereocenters. The number of aliphatic hydroxyl groups excluding tert-OH is 1. The van der Waals surface area contributed by atoms with Crippen molar-refractivity contribution >= 4 is 11.6 Å². The molecular formula is C11H12ClN3O2. The monoisotopic (exact) mass is 253 g/mol. The Morgan fingerprint density at radius 2 is 2.00 bits per heavy atom. The van der Waals surface area contributed by atoms with Gasteiger partial charge in [0.2, 0.25) is 11.7 Å². The van der Waals surface area contributed by atoms with Crippen LogP contribution in [-0.2, 0) is 0 Å². The van der Waals surface area contributed by atoms with E-state index in [1.54, 1.807) is 31.2 Å². The lowest BCUT2D eigenvalue weighted by molar-refractivity contribution is 0.146. The zero-order chi connectivity index (χ0) is 12.4. The number of hydrogen-bond donors (Lipinski definition) is 2. The van der Waals surface area contributed by atoms with Crippen molar-refractivity contribution in [1.29, 1.82) is 0 Å². The first-order valence-electron chi connectivity index (χ1n) is 5.11. The topological polar surface area (TPSA) is 85.2 Å². The van der Waals surface area contributed by atoms with E-state index in [0.717, 1.165) is 5.56 Å². The molecular weight excluding hydrogens is 242 g/mol. The maximum Gasteiger partial charge on any atom is 0.246 e. The van der Waals surface area contributed by atoms with Gasteiger partial charge in [0.25, 0.3) is 0 Å². The number of hydrogen-bond acceptors (Lipinski definition) is 5. The van der Waals surface area contributed by atoms with Crippen LogP contribution >= 0.6 is 11.6 Å². The summed E-state index contributed by atoms with van der Waals surface area (Å²) >= 11 is 5.78. The van der Waals surface area contributed by atoms with Crippen LogP contribution in [-0.4, -0.2) is 21.4 Å². The zero-order valence-corrected chi connectivity index (χ0v) is 9.93. The number of aromatic nitrogens is 2. The molecule has 0 radical (unpaired) electrons. The molecule has 5 nitrogen and oxygen atoms in total. The zero-order valence-electron chi connectivity index (χ0n) is 9.17. The van der Waals surface area contributed by atoms with E-state index in [0.29, 0.717) is 10.8 Å². The van der Waals surface area contributed by atoms with Crippen LogP contribution in [0.3, 0.4) is 0 Å². The Hall–Kier alpha value is -1.43. The first kappa shape index (κ1) is 12.0. The minimum atomic E-state index is -0.742. The summed E-state index contributed by atoms with van der Waals surface area (Å²) in [4.78, 5) is 4.13. The Bertz CT molecular complexity index is 496. The molecule has 2 aromatic rings. The average Bonchev–Trinajstić information content (AvgIpc) is 2.78. The van der Waals surface area contributed by atoms with Crippen LogP contribution in [0.1, 0.15) is 18.9 Å². The Kier molecular flexibility index (Phi) is 3.42. The second-order valence-electron chi connectivity index (χ2n) is 3.73. The molecule has 0 aliphatic heterocycles. The van der Waals surface area contributed by atoms with E-state index in [1.165, 1.54) is 0 Å². The Morgan fingerprint density at radius 1 is 1.35 bits per heavy atom. The number of rotatable bonds is 3. The van der Waals surface area contributed by atoms with Gasteiger partial charge in [-0.25, -0.2) is 0 Å². The summed E-state index contributed by atoms with van der Waals surface area (Å²) in [5.41, 5.74) is 6.47. The molecule has 1 heterocycles. The lowest BCUT2D eigenvalue weighted by Crippen LogP contribution is -2.23. The molecule has 0 aliphatic rings. The minimum absolute atomic E-state index is 0.213. The standard InChI is InChI=1S/C11H12ClN3O2/c1-6(16)9(13)11-14-10(15-17-11)7-2-4-8(12)5-3-7/h2-6,9,16H,13H2,1H3/t6-,9+/m1/s1. The largest absolute Gasteiger partial charge is 0.391 e. The van der Waals surface area contributed by atoms with E-state index in [1.807, 2.05) is 0 Å². The van der Waals surface area contributed by atoms with E-state index < -0.39 is 12.1 Å². The molecule has 90 valence electrons. The van der Waals surface area contributed by atoms with Gasteiger partial charge in [0, 0.05) is 10.6 Å². The molecule has 0 saturated heterocycles. The second-order valence-corrected chi connectivity index (χ2v) is 4.17. The maximum atomic E-state index is 9.32. The lowest BCUT2D eigenvalue weighted by atomic mass is 10.2. The van der Waals surface area contributed by atoms with Crippen LogP contribution in [0.5, 0.6) is 0 Å². The molecule has 0 unspecified atom stereocenters. The van der Waals surface area contributed by atoms with Gasteiger partial charge in [0.15, 0.2) is 0 Å². The van der Waals surface area contributed by atoms with E-state index in [4.69, 9.17) is 21.9 Å². The normalized spacial score (nSPS) is 14.6. The lowest BCUT2D eigenvalue weighted by Gasteiger charge is -2.08. The molecule has 0 spiro atoms. The third kappa shape index (κ3) is 2.63. The van der Waals surface area contributed by atoms with Crippen LogP contribution in [0.2, 0.25) is 5.02 Å². The van der Waals surface area contributed by atoms with E-state index in [2.05, 4.69) is 10.1 Å². The Morgan fingerprint density at radius 3 is 2.59 bits per heavy atom. The Labute approximate surface area is 103 Å². The fourth-order valence-electron chi connectivity index (χ4n) is 1.29. The fraction of sp³-hybridized carbons (Fsp3) is 0.273. The molecule has 6 heteroatoms. The van der Waals surface area contributed by atoms with Crippen molar-refractivity contribution in [1.82, 2.24) is 10.1 Å². The van der Waals surface area contributed by atoms with Gasteiger partial charge in [-0.1, -0.05) is 16.8 Å². The summed E-state index contributed by atoms with van der Waals surface area (Å²) in [6.45, 7) is 1.57. The number of benzene rings is 1. The van der Waals surface area contributed by atoms with Crippen LogP contribution < -0.4 is 5.73 Å². The molecule has 0 amide bonds. The molecule has 1 aromatic carbocycles. The third-order valence-corrected chi connectivity index (χ3v) is 2.60. The quantitative estimate of drug-likeness (QED) is 0.871.